The van der Waals surface area contributed by atoms with Crippen molar-refractivity contribution in [2.24, 2.45) is 7.05 Å². The Morgan fingerprint density at radius 3 is 2.85 bits per heavy atom. The molecular weight excluding hydrogens is 252 g/mol. The Balaban J connectivity index is 1.68. The van der Waals surface area contributed by atoms with E-state index in [9.17, 15) is 5.11 Å². The molecule has 0 unspecified atom stereocenters. The summed E-state index contributed by atoms with van der Waals surface area (Å²) in [6.07, 6.45) is 5.08. The number of rotatable bonds is 3. The molecule has 112 valence electrons. The first-order valence-corrected chi connectivity index (χ1v) is 7.76. The second-order valence-electron chi connectivity index (χ2n) is 6.27. The van der Waals surface area contributed by atoms with Gasteiger partial charge in [0.25, 0.3) is 0 Å². The second kappa shape index (κ2) is 5.84. The summed E-state index contributed by atoms with van der Waals surface area (Å²) in [5.41, 5.74) is 3.44. The van der Waals surface area contributed by atoms with Crippen molar-refractivity contribution in [2.75, 3.05) is 26.7 Å². The zero-order valence-electron chi connectivity index (χ0n) is 12.7. The standard InChI is InChI=1S/C15H26N4O/c1-17-7-4-3-5-12(17)9-19-8-6-15-13(10-19)14(11-20)16-18(15)2/h12,20H,3-11H2,1-2H3/t12-/m0/s1. The van der Waals surface area contributed by atoms with Crippen molar-refractivity contribution in [2.45, 2.75) is 44.9 Å². The quantitative estimate of drug-likeness (QED) is 0.886. The third kappa shape index (κ3) is 2.62. The van der Waals surface area contributed by atoms with E-state index < -0.39 is 0 Å². The van der Waals surface area contributed by atoms with E-state index in [0.29, 0.717) is 6.04 Å². The number of fused-ring (bicyclic) bond motifs is 1. The minimum Gasteiger partial charge on any atom is -0.390 e. The van der Waals surface area contributed by atoms with E-state index in [-0.39, 0.29) is 6.61 Å². The van der Waals surface area contributed by atoms with E-state index in [1.807, 2.05) is 11.7 Å². The van der Waals surface area contributed by atoms with Crippen molar-refractivity contribution in [1.29, 1.82) is 0 Å². The topological polar surface area (TPSA) is 44.5 Å². The maximum atomic E-state index is 9.45. The van der Waals surface area contributed by atoms with Gasteiger partial charge in [0.2, 0.25) is 0 Å². The van der Waals surface area contributed by atoms with E-state index in [2.05, 4.69) is 21.9 Å². The van der Waals surface area contributed by atoms with Crippen LogP contribution >= 0.6 is 0 Å². The van der Waals surface area contributed by atoms with Gasteiger partial charge in [-0.25, -0.2) is 0 Å². The van der Waals surface area contributed by atoms with Crippen LogP contribution in [-0.2, 0) is 26.6 Å². The van der Waals surface area contributed by atoms with Crippen molar-refractivity contribution < 1.29 is 5.11 Å². The predicted octanol–water partition coefficient (Wildman–Crippen LogP) is 0.755. The Labute approximate surface area is 121 Å². The zero-order chi connectivity index (χ0) is 14.1. The lowest BCUT2D eigenvalue weighted by atomic mass is 10.00. The Hall–Kier alpha value is -0.910. The fourth-order valence-corrected chi connectivity index (χ4v) is 3.68. The van der Waals surface area contributed by atoms with E-state index in [4.69, 9.17) is 0 Å². The molecule has 0 aromatic carbocycles. The van der Waals surface area contributed by atoms with Gasteiger partial charge < -0.3 is 10.0 Å². The number of likely N-dealkylation sites (tertiary alicyclic amines) is 1. The van der Waals surface area contributed by atoms with Crippen LogP contribution in [0.1, 0.15) is 36.2 Å². The minimum absolute atomic E-state index is 0.0559. The van der Waals surface area contributed by atoms with Crippen LogP contribution in [0, 0.1) is 0 Å². The summed E-state index contributed by atoms with van der Waals surface area (Å²) in [5.74, 6) is 0. The van der Waals surface area contributed by atoms with Crippen LogP contribution in [0.2, 0.25) is 0 Å². The lowest BCUT2D eigenvalue weighted by Gasteiger charge is -2.37. The van der Waals surface area contributed by atoms with Crippen LogP contribution in [0.25, 0.3) is 0 Å². The van der Waals surface area contributed by atoms with Gasteiger partial charge in [-0.3, -0.25) is 9.58 Å². The van der Waals surface area contributed by atoms with E-state index >= 15 is 0 Å². The van der Waals surface area contributed by atoms with Crippen LogP contribution < -0.4 is 0 Å². The van der Waals surface area contributed by atoms with Crippen LogP contribution in [0.3, 0.4) is 0 Å². The number of aromatic nitrogens is 2. The minimum atomic E-state index is 0.0559. The number of aliphatic hydroxyl groups excluding tert-OH is 1. The highest BCUT2D eigenvalue weighted by molar-refractivity contribution is 5.28. The van der Waals surface area contributed by atoms with Crippen LogP contribution in [-0.4, -0.2) is 57.4 Å². The summed E-state index contributed by atoms with van der Waals surface area (Å²) in [4.78, 5) is 5.05. The number of hydrogen-bond donors (Lipinski definition) is 1. The van der Waals surface area contributed by atoms with E-state index in [1.54, 1.807) is 0 Å². The SMILES string of the molecule is CN1CCCC[C@H]1CN1CCc2c(c(CO)nn2C)C1. The fourth-order valence-electron chi connectivity index (χ4n) is 3.68. The maximum absolute atomic E-state index is 9.45. The molecule has 2 aliphatic heterocycles. The first kappa shape index (κ1) is 14.0. The Kier molecular flexibility index (Phi) is 4.10. The Bertz CT molecular complexity index is 471. The van der Waals surface area contributed by atoms with Gasteiger partial charge in [0.05, 0.1) is 12.3 Å². The average Bonchev–Trinajstić information content (AvgIpc) is 2.78. The van der Waals surface area contributed by atoms with Crippen molar-refractivity contribution in [3.63, 3.8) is 0 Å². The molecule has 1 aromatic rings. The zero-order valence-corrected chi connectivity index (χ0v) is 12.7. The third-order valence-corrected chi connectivity index (χ3v) is 4.94. The van der Waals surface area contributed by atoms with Crippen LogP contribution in [0.4, 0.5) is 0 Å². The molecule has 1 fully saturated rings. The van der Waals surface area contributed by atoms with Crippen LogP contribution in [0.15, 0.2) is 0 Å². The molecule has 0 aliphatic carbocycles. The highest BCUT2D eigenvalue weighted by atomic mass is 16.3. The van der Waals surface area contributed by atoms with Gasteiger partial charge in [-0.15, -0.1) is 0 Å². The molecule has 3 rings (SSSR count). The largest absolute Gasteiger partial charge is 0.390 e. The summed E-state index contributed by atoms with van der Waals surface area (Å²) in [6.45, 7) is 4.50. The maximum Gasteiger partial charge on any atom is 0.0926 e. The first-order valence-electron chi connectivity index (χ1n) is 7.76. The van der Waals surface area contributed by atoms with E-state index in [0.717, 1.165) is 31.7 Å². The molecule has 1 atom stereocenters. The molecule has 0 spiro atoms. The summed E-state index contributed by atoms with van der Waals surface area (Å²) < 4.78 is 1.95. The molecular formula is C15H26N4O. The molecule has 1 aromatic heterocycles. The van der Waals surface area contributed by atoms with Gasteiger partial charge in [0, 0.05) is 50.4 Å². The Morgan fingerprint density at radius 1 is 1.25 bits per heavy atom. The van der Waals surface area contributed by atoms with Gasteiger partial charge in [0.1, 0.15) is 0 Å². The monoisotopic (exact) mass is 278 g/mol. The highest BCUT2D eigenvalue weighted by Crippen LogP contribution is 2.24. The summed E-state index contributed by atoms with van der Waals surface area (Å²) in [5, 5.41) is 13.9. The van der Waals surface area contributed by atoms with Gasteiger partial charge >= 0.3 is 0 Å². The summed E-state index contributed by atoms with van der Waals surface area (Å²) >= 11 is 0. The molecule has 0 saturated carbocycles. The lowest BCUT2D eigenvalue weighted by molar-refractivity contribution is 0.120. The highest BCUT2D eigenvalue weighted by Gasteiger charge is 2.27. The molecule has 0 bridgehead atoms. The first-order chi connectivity index (χ1) is 9.69. The van der Waals surface area contributed by atoms with Gasteiger partial charge in [0.15, 0.2) is 0 Å². The molecule has 5 heteroatoms. The van der Waals surface area contributed by atoms with Crippen molar-refractivity contribution >= 4 is 0 Å². The molecule has 5 nitrogen and oxygen atoms in total. The fraction of sp³-hybridized carbons (Fsp3) is 0.800. The molecule has 1 saturated heterocycles. The number of likely N-dealkylation sites (N-methyl/N-ethyl adjacent to an activating group) is 1. The average molecular weight is 278 g/mol. The number of aryl methyl sites for hydroxylation is 1. The second-order valence-corrected chi connectivity index (χ2v) is 6.27. The van der Waals surface area contributed by atoms with Crippen molar-refractivity contribution in [3.05, 3.63) is 17.0 Å². The molecule has 0 amide bonds. The molecule has 1 N–H and O–H groups in total. The molecule has 3 heterocycles. The normalized spacial score (nSPS) is 24.9. The molecule has 0 radical (unpaired) electrons. The lowest BCUT2D eigenvalue weighted by Crippen LogP contribution is -2.46. The number of hydrogen-bond acceptors (Lipinski definition) is 4. The Morgan fingerprint density at radius 2 is 2.10 bits per heavy atom. The predicted molar refractivity (Wildman–Crippen MR) is 78.4 cm³/mol. The van der Waals surface area contributed by atoms with Crippen molar-refractivity contribution in [1.82, 2.24) is 19.6 Å². The van der Waals surface area contributed by atoms with E-state index in [1.165, 1.54) is 37.1 Å². The van der Waals surface area contributed by atoms with Crippen molar-refractivity contribution in [3.8, 4) is 0 Å². The number of piperidine rings is 1. The third-order valence-electron chi connectivity index (χ3n) is 4.94. The van der Waals surface area contributed by atoms with Crippen LogP contribution in [0.5, 0.6) is 0 Å². The molecule has 2 aliphatic rings. The van der Waals surface area contributed by atoms with Gasteiger partial charge in [-0.1, -0.05) is 6.42 Å². The van der Waals surface area contributed by atoms with Gasteiger partial charge in [-0.05, 0) is 26.4 Å². The summed E-state index contributed by atoms with van der Waals surface area (Å²) in [6, 6.07) is 0.694. The number of aliphatic hydroxyl groups is 1. The summed E-state index contributed by atoms with van der Waals surface area (Å²) in [7, 11) is 4.24. The van der Waals surface area contributed by atoms with Gasteiger partial charge in [-0.2, -0.15) is 5.10 Å². The number of nitrogens with zero attached hydrogens (tertiary/aromatic N) is 4. The molecule has 20 heavy (non-hydrogen) atoms. The smallest absolute Gasteiger partial charge is 0.0926 e.